The molecule has 2 heterocycles. The maximum absolute atomic E-state index is 8.80. The Balaban J connectivity index is 2.23. The topological polar surface area (TPSA) is 48.7 Å². The predicted molar refractivity (Wildman–Crippen MR) is 71.0 cm³/mol. The van der Waals surface area contributed by atoms with Gasteiger partial charge in [-0.1, -0.05) is 6.92 Å². The van der Waals surface area contributed by atoms with E-state index < -0.39 is 0 Å². The van der Waals surface area contributed by atoms with Gasteiger partial charge < -0.3 is 5.32 Å². The third-order valence-corrected chi connectivity index (χ3v) is 3.32. The first-order chi connectivity index (χ1) is 8.33. The SMILES string of the molecule is CCCNc1ccnc(-c2ccc(C#N)s2)c1. The number of pyridine rings is 1. The summed E-state index contributed by atoms with van der Waals surface area (Å²) in [6.45, 7) is 3.09. The van der Waals surface area contributed by atoms with Gasteiger partial charge in [-0.15, -0.1) is 11.3 Å². The second-order valence-electron chi connectivity index (χ2n) is 3.63. The third-order valence-electron chi connectivity index (χ3n) is 2.31. The average Bonchev–Trinajstić information content (AvgIpc) is 2.85. The molecule has 0 saturated heterocycles. The summed E-state index contributed by atoms with van der Waals surface area (Å²) in [7, 11) is 0. The van der Waals surface area contributed by atoms with Crippen molar-refractivity contribution >= 4 is 17.0 Å². The van der Waals surface area contributed by atoms with Crippen molar-refractivity contribution in [3.05, 3.63) is 35.3 Å². The molecule has 86 valence electrons. The number of hydrogen-bond acceptors (Lipinski definition) is 4. The van der Waals surface area contributed by atoms with Crippen molar-refractivity contribution in [3.8, 4) is 16.6 Å². The first kappa shape index (κ1) is 11.6. The van der Waals surface area contributed by atoms with Crippen molar-refractivity contribution in [2.75, 3.05) is 11.9 Å². The lowest BCUT2D eigenvalue weighted by molar-refractivity contribution is 0.979. The molecule has 0 aliphatic heterocycles. The molecule has 2 rings (SSSR count). The van der Waals surface area contributed by atoms with Gasteiger partial charge in [0.15, 0.2) is 0 Å². The quantitative estimate of drug-likeness (QED) is 0.894. The van der Waals surface area contributed by atoms with E-state index in [-0.39, 0.29) is 0 Å². The number of nitrogens with zero attached hydrogens (tertiary/aromatic N) is 2. The molecule has 0 unspecified atom stereocenters. The number of thiophene rings is 1. The third kappa shape index (κ3) is 2.83. The molecule has 0 radical (unpaired) electrons. The smallest absolute Gasteiger partial charge is 0.110 e. The van der Waals surface area contributed by atoms with E-state index in [1.165, 1.54) is 11.3 Å². The Morgan fingerprint density at radius 3 is 3.00 bits per heavy atom. The van der Waals surface area contributed by atoms with Crippen molar-refractivity contribution in [1.29, 1.82) is 5.26 Å². The fourth-order valence-electron chi connectivity index (χ4n) is 1.48. The Kier molecular flexibility index (Phi) is 3.73. The highest BCUT2D eigenvalue weighted by Gasteiger charge is 2.04. The fourth-order valence-corrected chi connectivity index (χ4v) is 2.25. The number of nitrogens with one attached hydrogen (secondary N) is 1. The first-order valence-electron chi connectivity index (χ1n) is 5.53. The molecule has 1 N–H and O–H groups in total. The van der Waals surface area contributed by atoms with Crippen molar-refractivity contribution in [2.45, 2.75) is 13.3 Å². The summed E-state index contributed by atoms with van der Waals surface area (Å²) < 4.78 is 0. The molecular weight excluding hydrogens is 230 g/mol. The van der Waals surface area contributed by atoms with Crippen LogP contribution in [0, 0.1) is 11.3 Å². The Hall–Kier alpha value is -1.86. The zero-order chi connectivity index (χ0) is 12.1. The van der Waals surface area contributed by atoms with Crippen LogP contribution in [0.15, 0.2) is 30.5 Å². The van der Waals surface area contributed by atoms with Gasteiger partial charge in [0.25, 0.3) is 0 Å². The zero-order valence-electron chi connectivity index (χ0n) is 9.60. The van der Waals surface area contributed by atoms with Crippen LogP contribution >= 0.6 is 11.3 Å². The van der Waals surface area contributed by atoms with Crippen molar-refractivity contribution in [2.24, 2.45) is 0 Å². The monoisotopic (exact) mass is 243 g/mol. The molecule has 0 bridgehead atoms. The molecule has 0 saturated carbocycles. The second-order valence-corrected chi connectivity index (χ2v) is 4.72. The molecule has 3 nitrogen and oxygen atoms in total. The Bertz CT molecular complexity index is 540. The van der Waals surface area contributed by atoms with Crippen LogP contribution in [0.1, 0.15) is 18.2 Å². The minimum atomic E-state index is 0.716. The maximum atomic E-state index is 8.80. The summed E-state index contributed by atoms with van der Waals surface area (Å²) in [5, 5.41) is 12.1. The van der Waals surface area contributed by atoms with Crippen LogP contribution in [0.4, 0.5) is 5.69 Å². The molecule has 0 amide bonds. The zero-order valence-corrected chi connectivity index (χ0v) is 10.4. The lowest BCUT2D eigenvalue weighted by Crippen LogP contribution is -1.99. The Labute approximate surface area is 105 Å². The number of nitriles is 1. The fraction of sp³-hybridized carbons (Fsp3) is 0.231. The molecule has 0 aromatic carbocycles. The minimum Gasteiger partial charge on any atom is -0.385 e. The van der Waals surface area contributed by atoms with Crippen molar-refractivity contribution in [1.82, 2.24) is 4.98 Å². The number of aromatic nitrogens is 1. The van der Waals surface area contributed by atoms with Gasteiger partial charge in [0.05, 0.1) is 10.6 Å². The molecule has 0 aliphatic carbocycles. The minimum absolute atomic E-state index is 0.716. The highest BCUT2D eigenvalue weighted by molar-refractivity contribution is 7.15. The van der Waals surface area contributed by atoms with Gasteiger partial charge >= 0.3 is 0 Å². The average molecular weight is 243 g/mol. The summed E-state index contributed by atoms with van der Waals surface area (Å²) in [5.41, 5.74) is 1.99. The summed E-state index contributed by atoms with van der Waals surface area (Å²) >= 11 is 1.47. The molecule has 0 atom stereocenters. The van der Waals surface area contributed by atoms with Crippen molar-refractivity contribution in [3.63, 3.8) is 0 Å². The maximum Gasteiger partial charge on any atom is 0.110 e. The van der Waals surface area contributed by atoms with Crippen LogP contribution < -0.4 is 5.32 Å². The van der Waals surface area contributed by atoms with Crippen LogP contribution in [0.3, 0.4) is 0 Å². The highest BCUT2D eigenvalue weighted by Crippen LogP contribution is 2.27. The van der Waals surface area contributed by atoms with Crippen molar-refractivity contribution < 1.29 is 0 Å². The predicted octanol–water partition coefficient (Wildman–Crippen LogP) is 3.50. The molecule has 2 aromatic rings. The van der Waals surface area contributed by atoms with Gasteiger partial charge in [-0.25, -0.2) is 0 Å². The number of anilines is 1. The van der Waals surface area contributed by atoms with E-state index in [0.717, 1.165) is 29.2 Å². The largest absolute Gasteiger partial charge is 0.385 e. The first-order valence-corrected chi connectivity index (χ1v) is 6.35. The Morgan fingerprint density at radius 1 is 1.41 bits per heavy atom. The van der Waals surface area contributed by atoms with Crippen LogP contribution in [0.2, 0.25) is 0 Å². The van der Waals surface area contributed by atoms with Gasteiger partial charge in [0.2, 0.25) is 0 Å². The highest BCUT2D eigenvalue weighted by atomic mass is 32.1. The normalized spacial score (nSPS) is 9.88. The molecule has 0 spiro atoms. The molecule has 17 heavy (non-hydrogen) atoms. The summed E-state index contributed by atoms with van der Waals surface area (Å²) in [6, 6.07) is 9.88. The van der Waals surface area contributed by atoms with E-state index in [1.54, 1.807) is 6.20 Å². The van der Waals surface area contributed by atoms with E-state index in [2.05, 4.69) is 23.3 Å². The standard InChI is InChI=1S/C13H13N3S/c1-2-6-15-10-5-7-16-12(8-10)13-4-3-11(9-14)17-13/h3-5,7-8H,2,6H2,1H3,(H,15,16). The lowest BCUT2D eigenvalue weighted by atomic mass is 10.2. The van der Waals surface area contributed by atoms with E-state index in [0.29, 0.717) is 4.88 Å². The van der Waals surface area contributed by atoms with Gasteiger partial charge in [0, 0.05) is 18.4 Å². The lowest BCUT2D eigenvalue weighted by Gasteiger charge is -2.05. The summed E-state index contributed by atoms with van der Waals surface area (Å²) in [5.74, 6) is 0. The van der Waals surface area contributed by atoms with Gasteiger partial charge in [-0.2, -0.15) is 5.26 Å². The molecule has 0 fully saturated rings. The van der Waals surface area contributed by atoms with E-state index in [4.69, 9.17) is 5.26 Å². The van der Waals surface area contributed by atoms with Crippen LogP contribution in [0.25, 0.3) is 10.6 Å². The summed E-state index contributed by atoms with van der Waals surface area (Å²) in [6.07, 6.45) is 2.88. The summed E-state index contributed by atoms with van der Waals surface area (Å²) in [4.78, 5) is 6.07. The number of hydrogen-bond donors (Lipinski definition) is 1. The van der Waals surface area contributed by atoms with E-state index >= 15 is 0 Å². The Morgan fingerprint density at radius 2 is 2.29 bits per heavy atom. The van der Waals surface area contributed by atoms with Crippen LogP contribution in [-0.4, -0.2) is 11.5 Å². The van der Waals surface area contributed by atoms with E-state index in [9.17, 15) is 0 Å². The molecule has 2 aromatic heterocycles. The van der Waals surface area contributed by atoms with Crippen LogP contribution in [-0.2, 0) is 0 Å². The van der Waals surface area contributed by atoms with Gasteiger partial charge in [-0.3, -0.25) is 4.98 Å². The van der Waals surface area contributed by atoms with E-state index in [1.807, 2.05) is 24.3 Å². The molecule has 0 aliphatic rings. The number of rotatable bonds is 4. The molecule has 4 heteroatoms. The van der Waals surface area contributed by atoms with Crippen LogP contribution in [0.5, 0.6) is 0 Å². The van der Waals surface area contributed by atoms with Gasteiger partial charge in [-0.05, 0) is 30.7 Å². The molecular formula is C13H13N3S. The van der Waals surface area contributed by atoms with Gasteiger partial charge in [0.1, 0.15) is 10.9 Å². The second kappa shape index (κ2) is 5.46.